The molecule has 5 nitrogen and oxygen atoms in total. The molecule has 194 valence electrons. The quantitative estimate of drug-likeness (QED) is 0.245. The van der Waals surface area contributed by atoms with Gasteiger partial charge in [0.1, 0.15) is 12.6 Å². The Labute approximate surface area is 219 Å². The number of hydrogen-bond donors (Lipinski definition) is 2. The van der Waals surface area contributed by atoms with Crippen molar-refractivity contribution in [2.45, 2.75) is 70.3 Å². The van der Waals surface area contributed by atoms with Crippen LogP contribution < -0.4 is 5.32 Å². The molecule has 1 amide bonds. The zero-order chi connectivity index (χ0) is 26.0. The number of benzene rings is 3. The molecule has 3 aromatic carbocycles. The van der Waals surface area contributed by atoms with E-state index in [2.05, 4.69) is 48.6 Å². The summed E-state index contributed by atoms with van der Waals surface area (Å²) in [6.45, 7) is 2.38. The molecule has 3 aromatic rings. The van der Waals surface area contributed by atoms with Crippen LogP contribution in [0.15, 0.2) is 72.8 Å². The van der Waals surface area contributed by atoms with Gasteiger partial charge in [-0.25, -0.2) is 9.59 Å². The zero-order valence-corrected chi connectivity index (χ0v) is 21.6. The Kier molecular flexibility index (Phi) is 9.36. The van der Waals surface area contributed by atoms with Gasteiger partial charge in [-0.05, 0) is 46.2 Å². The predicted molar refractivity (Wildman–Crippen MR) is 147 cm³/mol. The standard InChI is InChI=1S/C32H37NO4/c1-2-3-4-5-6-7-12-23-17-19-24(20-18-23)21-30(31(34)35)33-32(36)37-22-29-27-15-10-8-13-25(27)26-14-9-11-16-28(26)29/h8-11,13-20,29-30H,2-7,12,21-22H2,1H3,(H,33,36)(H,34,35). The summed E-state index contributed by atoms with van der Waals surface area (Å²) in [6.07, 6.45) is 8.10. The smallest absolute Gasteiger partial charge is 0.407 e. The summed E-state index contributed by atoms with van der Waals surface area (Å²) in [6, 6.07) is 23.2. The molecule has 1 aliphatic rings. The van der Waals surface area contributed by atoms with Gasteiger partial charge in [0.25, 0.3) is 0 Å². The van der Waals surface area contributed by atoms with Crippen LogP contribution in [0, 0.1) is 0 Å². The van der Waals surface area contributed by atoms with E-state index >= 15 is 0 Å². The number of carboxylic acids is 1. The number of unbranched alkanes of at least 4 members (excludes halogenated alkanes) is 5. The fraction of sp³-hybridized carbons (Fsp3) is 0.375. The number of ether oxygens (including phenoxy) is 1. The van der Waals surface area contributed by atoms with Crippen molar-refractivity contribution in [1.82, 2.24) is 5.32 Å². The Balaban J connectivity index is 1.28. The molecule has 0 radical (unpaired) electrons. The lowest BCUT2D eigenvalue weighted by Gasteiger charge is -2.17. The number of alkyl carbamates (subject to hydrolysis) is 1. The number of carbonyl (C=O) groups is 2. The van der Waals surface area contributed by atoms with Crippen LogP contribution in [-0.2, 0) is 22.4 Å². The van der Waals surface area contributed by atoms with E-state index < -0.39 is 18.1 Å². The normalized spacial score (nSPS) is 13.0. The van der Waals surface area contributed by atoms with Crippen molar-refractivity contribution in [3.8, 4) is 11.1 Å². The van der Waals surface area contributed by atoms with Crippen molar-refractivity contribution in [3.63, 3.8) is 0 Å². The molecule has 0 bridgehead atoms. The molecule has 2 N–H and O–H groups in total. The molecule has 1 aliphatic carbocycles. The van der Waals surface area contributed by atoms with Gasteiger partial charge in [0.2, 0.25) is 0 Å². The first-order chi connectivity index (χ1) is 18.1. The van der Waals surface area contributed by atoms with Gasteiger partial charge in [0.05, 0.1) is 0 Å². The Morgan fingerprint density at radius 3 is 2.00 bits per heavy atom. The van der Waals surface area contributed by atoms with E-state index in [1.807, 2.05) is 36.4 Å². The third-order valence-electron chi connectivity index (χ3n) is 7.22. The monoisotopic (exact) mass is 499 g/mol. The van der Waals surface area contributed by atoms with E-state index in [1.165, 1.54) is 44.1 Å². The average Bonchev–Trinajstić information content (AvgIpc) is 3.23. The maximum absolute atomic E-state index is 12.6. The van der Waals surface area contributed by atoms with Gasteiger partial charge >= 0.3 is 12.1 Å². The van der Waals surface area contributed by atoms with Crippen molar-refractivity contribution in [3.05, 3.63) is 95.1 Å². The van der Waals surface area contributed by atoms with Crippen molar-refractivity contribution in [2.24, 2.45) is 0 Å². The number of hydrogen-bond acceptors (Lipinski definition) is 3. The van der Waals surface area contributed by atoms with E-state index in [-0.39, 0.29) is 18.9 Å². The summed E-state index contributed by atoms with van der Waals surface area (Å²) in [7, 11) is 0. The Bertz CT molecular complexity index is 1140. The van der Waals surface area contributed by atoms with Gasteiger partial charge in [-0.15, -0.1) is 0 Å². The van der Waals surface area contributed by atoms with Crippen LogP contribution in [0.3, 0.4) is 0 Å². The zero-order valence-electron chi connectivity index (χ0n) is 21.6. The largest absolute Gasteiger partial charge is 0.480 e. The molecule has 0 heterocycles. The molecule has 0 saturated carbocycles. The lowest BCUT2D eigenvalue weighted by atomic mass is 9.98. The predicted octanol–water partition coefficient (Wildman–Crippen LogP) is 7.12. The van der Waals surface area contributed by atoms with Crippen LogP contribution in [-0.4, -0.2) is 29.8 Å². The molecular weight excluding hydrogens is 462 g/mol. The maximum Gasteiger partial charge on any atom is 0.407 e. The fourth-order valence-electron chi connectivity index (χ4n) is 5.17. The molecule has 1 unspecified atom stereocenters. The van der Waals surface area contributed by atoms with Crippen LogP contribution in [0.2, 0.25) is 0 Å². The Morgan fingerprint density at radius 1 is 0.811 bits per heavy atom. The molecule has 5 heteroatoms. The molecule has 4 rings (SSSR count). The first-order valence-electron chi connectivity index (χ1n) is 13.5. The van der Waals surface area contributed by atoms with E-state index in [4.69, 9.17) is 4.74 Å². The van der Waals surface area contributed by atoms with E-state index in [1.54, 1.807) is 0 Å². The maximum atomic E-state index is 12.6. The summed E-state index contributed by atoms with van der Waals surface area (Å²) < 4.78 is 5.54. The topological polar surface area (TPSA) is 75.6 Å². The van der Waals surface area contributed by atoms with Gasteiger partial charge < -0.3 is 15.2 Å². The van der Waals surface area contributed by atoms with Crippen LogP contribution in [0.25, 0.3) is 11.1 Å². The lowest BCUT2D eigenvalue weighted by molar-refractivity contribution is -0.139. The number of carbonyl (C=O) groups excluding carboxylic acids is 1. The molecular formula is C32H37NO4. The van der Waals surface area contributed by atoms with Crippen LogP contribution in [0.4, 0.5) is 4.79 Å². The molecule has 1 atom stereocenters. The van der Waals surface area contributed by atoms with Gasteiger partial charge in [-0.3, -0.25) is 0 Å². The Hall–Kier alpha value is -3.60. The van der Waals surface area contributed by atoms with Crippen molar-refractivity contribution >= 4 is 12.1 Å². The summed E-state index contributed by atoms with van der Waals surface area (Å²) >= 11 is 0. The summed E-state index contributed by atoms with van der Waals surface area (Å²) in [5.41, 5.74) is 6.67. The average molecular weight is 500 g/mol. The molecule has 0 saturated heterocycles. The van der Waals surface area contributed by atoms with E-state index in [0.29, 0.717) is 0 Å². The number of amides is 1. The minimum atomic E-state index is -1.08. The summed E-state index contributed by atoms with van der Waals surface area (Å²) in [5.74, 6) is -1.15. The lowest BCUT2D eigenvalue weighted by Crippen LogP contribution is -2.42. The van der Waals surface area contributed by atoms with Crippen molar-refractivity contribution < 1.29 is 19.4 Å². The van der Waals surface area contributed by atoms with E-state index in [0.717, 1.165) is 34.2 Å². The molecule has 0 fully saturated rings. The fourth-order valence-corrected chi connectivity index (χ4v) is 5.17. The minimum Gasteiger partial charge on any atom is -0.480 e. The second kappa shape index (κ2) is 13.1. The highest BCUT2D eigenvalue weighted by molar-refractivity contribution is 5.81. The summed E-state index contributed by atoms with van der Waals surface area (Å²) in [5, 5.41) is 12.3. The van der Waals surface area contributed by atoms with Crippen molar-refractivity contribution in [2.75, 3.05) is 6.61 Å². The highest BCUT2D eigenvalue weighted by Crippen LogP contribution is 2.44. The van der Waals surface area contributed by atoms with Crippen LogP contribution >= 0.6 is 0 Å². The third-order valence-corrected chi connectivity index (χ3v) is 7.22. The third kappa shape index (κ3) is 7.00. The van der Waals surface area contributed by atoms with Crippen molar-refractivity contribution in [1.29, 1.82) is 0 Å². The highest BCUT2D eigenvalue weighted by atomic mass is 16.5. The number of aryl methyl sites for hydroxylation is 1. The van der Waals surface area contributed by atoms with Crippen LogP contribution in [0.1, 0.15) is 73.6 Å². The first-order valence-corrected chi connectivity index (χ1v) is 13.5. The first kappa shape index (κ1) is 26.5. The summed E-state index contributed by atoms with van der Waals surface area (Å²) in [4.78, 5) is 24.5. The number of fused-ring (bicyclic) bond motifs is 3. The number of nitrogens with one attached hydrogen (secondary N) is 1. The SMILES string of the molecule is CCCCCCCCc1ccc(CC(NC(=O)OCC2c3ccccc3-c3ccccc32)C(=O)O)cc1. The molecule has 37 heavy (non-hydrogen) atoms. The molecule has 0 spiro atoms. The number of carboxylic acid groups (broad SMARTS) is 1. The molecule has 0 aliphatic heterocycles. The van der Waals surface area contributed by atoms with E-state index in [9.17, 15) is 14.7 Å². The van der Waals surface area contributed by atoms with Crippen LogP contribution in [0.5, 0.6) is 0 Å². The second-order valence-electron chi connectivity index (χ2n) is 9.90. The Morgan fingerprint density at radius 2 is 1.38 bits per heavy atom. The minimum absolute atomic E-state index is 0.0689. The van der Waals surface area contributed by atoms with Gasteiger partial charge in [0.15, 0.2) is 0 Å². The second-order valence-corrected chi connectivity index (χ2v) is 9.90. The van der Waals surface area contributed by atoms with Gasteiger partial charge in [0, 0.05) is 12.3 Å². The molecule has 0 aromatic heterocycles. The van der Waals surface area contributed by atoms with Gasteiger partial charge in [-0.1, -0.05) is 112 Å². The number of rotatable bonds is 13. The number of aliphatic carboxylic acids is 1. The van der Waals surface area contributed by atoms with Gasteiger partial charge in [-0.2, -0.15) is 0 Å². The highest BCUT2D eigenvalue weighted by Gasteiger charge is 2.29.